The summed E-state index contributed by atoms with van der Waals surface area (Å²) in [4.78, 5) is 0. The van der Waals surface area contributed by atoms with Gasteiger partial charge < -0.3 is 5.11 Å². The number of anilines is 1. The van der Waals surface area contributed by atoms with Crippen LogP contribution in [-0.2, 0) is 0 Å². The molecule has 0 fully saturated rings. The molecule has 0 atom stereocenters. The average Bonchev–Trinajstić information content (AvgIpc) is 3.06. The van der Waals surface area contributed by atoms with E-state index >= 15 is 0 Å². The number of thioether (sulfide) groups is 1. The number of nitrogens with zero attached hydrogens (tertiary/aromatic N) is 5. The number of aromatic nitrogens is 3. The molecule has 0 spiro atoms. The topological polar surface area (TPSA) is 87.7 Å². The van der Waals surface area contributed by atoms with Crippen LogP contribution in [0.3, 0.4) is 0 Å². The molecular formula is C17H14N6OS. The number of para-hydroxylation sites is 1. The number of fused-ring (bicyclic) bond motifs is 1. The number of hydrogen-bond donors (Lipinski definition) is 2. The fourth-order valence-corrected chi connectivity index (χ4v) is 3.16. The highest BCUT2D eigenvalue weighted by atomic mass is 32.2. The van der Waals surface area contributed by atoms with Gasteiger partial charge in [0.1, 0.15) is 5.75 Å². The molecule has 0 unspecified atom stereocenters. The average molecular weight is 350 g/mol. The van der Waals surface area contributed by atoms with Gasteiger partial charge in [-0.2, -0.15) is 14.9 Å². The maximum atomic E-state index is 9.74. The van der Waals surface area contributed by atoms with E-state index in [1.165, 1.54) is 6.21 Å². The number of aromatic hydroxyl groups is 1. The SMILES string of the molecule is Oc1ccccc1/C=N/Nc1nnc2n1N=C(c1ccccc1)CS2. The zero-order valence-electron chi connectivity index (χ0n) is 13.1. The Kier molecular flexibility index (Phi) is 4.17. The van der Waals surface area contributed by atoms with Gasteiger partial charge in [-0.05, 0) is 17.7 Å². The van der Waals surface area contributed by atoms with Crippen molar-refractivity contribution in [3.05, 3.63) is 65.7 Å². The molecular weight excluding hydrogens is 336 g/mol. The third-order valence-corrected chi connectivity index (χ3v) is 4.51. The molecule has 1 aliphatic rings. The van der Waals surface area contributed by atoms with Gasteiger partial charge in [-0.25, -0.2) is 5.43 Å². The third-order valence-electron chi connectivity index (χ3n) is 3.58. The Balaban J connectivity index is 1.57. The first-order chi connectivity index (χ1) is 12.3. The zero-order valence-corrected chi connectivity index (χ0v) is 13.9. The lowest BCUT2D eigenvalue weighted by atomic mass is 10.1. The molecule has 2 heterocycles. The van der Waals surface area contributed by atoms with Crippen LogP contribution in [-0.4, -0.2) is 37.7 Å². The lowest BCUT2D eigenvalue weighted by Crippen LogP contribution is -2.14. The van der Waals surface area contributed by atoms with E-state index in [1.807, 2.05) is 36.4 Å². The summed E-state index contributed by atoms with van der Waals surface area (Å²) in [5, 5.41) is 27.4. The van der Waals surface area contributed by atoms with Crippen LogP contribution in [0.1, 0.15) is 11.1 Å². The highest BCUT2D eigenvalue weighted by molar-refractivity contribution is 7.99. The summed E-state index contributed by atoms with van der Waals surface area (Å²) in [6.07, 6.45) is 1.52. The van der Waals surface area contributed by atoms with Gasteiger partial charge >= 0.3 is 0 Å². The number of rotatable bonds is 4. The molecule has 2 aromatic carbocycles. The maximum Gasteiger partial charge on any atom is 0.266 e. The minimum Gasteiger partial charge on any atom is -0.507 e. The highest BCUT2D eigenvalue weighted by Gasteiger charge is 2.19. The lowest BCUT2D eigenvalue weighted by molar-refractivity contribution is 0.474. The molecule has 1 aliphatic heterocycles. The molecule has 1 aromatic heterocycles. The first kappa shape index (κ1) is 15.4. The van der Waals surface area contributed by atoms with Gasteiger partial charge in [0, 0.05) is 11.3 Å². The molecule has 0 aliphatic carbocycles. The van der Waals surface area contributed by atoms with Gasteiger partial charge in [0.15, 0.2) is 0 Å². The number of hydrogen-bond acceptors (Lipinski definition) is 7. The lowest BCUT2D eigenvalue weighted by Gasteiger charge is -2.13. The molecule has 3 aromatic rings. The van der Waals surface area contributed by atoms with E-state index in [0.717, 1.165) is 17.0 Å². The molecule has 124 valence electrons. The van der Waals surface area contributed by atoms with E-state index in [4.69, 9.17) is 0 Å². The Morgan fingerprint density at radius 2 is 1.88 bits per heavy atom. The van der Waals surface area contributed by atoms with Crippen molar-refractivity contribution in [2.45, 2.75) is 5.16 Å². The third kappa shape index (κ3) is 3.24. The summed E-state index contributed by atoms with van der Waals surface area (Å²) in [7, 11) is 0. The largest absolute Gasteiger partial charge is 0.507 e. The quantitative estimate of drug-likeness (QED) is 0.558. The Morgan fingerprint density at radius 3 is 2.72 bits per heavy atom. The molecule has 0 radical (unpaired) electrons. The van der Waals surface area contributed by atoms with Crippen LogP contribution in [0.5, 0.6) is 5.75 Å². The molecule has 25 heavy (non-hydrogen) atoms. The van der Waals surface area contributed by atoms with Crippen molar-refractivity contribution >= 4 is 29.6 Å². The van der Waals surface area contributed by atoms with Crippen LogP contribution in [0.15, 0.2) is 70.0 Å². The Labute approximate surface area is 148 Å². The standard InChI is InChI=1S/C17H14N6OS/c24-15-9-5-4-8-13(15)10-18-19-16-20-21-17-23(16)22-14(11-25-17)12-6-2-1-3-7-12/h1-10,24H,11H2,(H,19,20)/b18-10+. The number of benzene rings is 2. The van der Waals surface area contributed by atoms with Gasteiger partial charge in [-0.3, -0.25) is 0 Å². The van der Waals surface area contributed by atoms with Crippen molar-refractivity contribution in [2.24, 2.45) is 10.2 Å². The van der Waals surface area contributed by atoms with Crippen LogP contribution in [0.2, 0.25) is 0 Å². The van der Waals surface area contributed by atoms with Gasteiger partial charge in [0.25, 0.3) is 5.95 Å². The van der Waals surface area contributed by atoms with Gasteiger partial charge in [0.2, 0.25) is 5.16 Å². The number of phenolic OH excluding ortho intramolecular Hbond substituents is 1. The van der Waals surface area contributed by atoms with E-state index in [9.17, 15) is 5.11 Å². The van der Waals surface area contributed by atoms with Crippen molar-refractivity contribution in [2.75, 3.05) is 11.2 Å². The summed E-state index contributed by atoms with van der Waals surface area (Å²) >= 11 is 1.57. The predicted molar refractivity (Wildman–Crippen MR) is 98.4 cm³/mol. The predicted octanol–water partition coefficient (Wildman–Crippen LogP) is 2.79. The van der Waals surface area contributed by atoms with E-state index in [2.05, 4.69) is 25.8 Å². The molecule has 8 heteroatoms. The zero-order chi connectivity index (χ0) is 17.1. The molecule has 0 saturated heterocycles. The Bertz CT molecular complexity index is 951. The van der Waals surface area contributed by atoms with E-state index in [0.29, 0.717) is 16.7 Å². The van der Waals surface area contributed by atoms with E-state index in [1.54, 1.807) is 34.6 Å². The first-order valence-electron chi connectivity index (χ1n) is 7.60. The summed E-state index contributed by atoms with van der Waals surface area (Å²) in [6, 6.07) is 17.0. The van der Waals surface area contributed by atoms with Crippen LogP contribution in [0, 0.1) is 0 Å². The first-order valence-corrected chi connectivity index (χ1v) is 8.58. The summed E-state index contributed by atoms with van der Waals surface area (Å²) in [6.45, 7) is 0. The normalized spacial score (nSPS) is 13.5. The minimum absolute atomic E-state index is 0.163. The van der Waals surface area contributed by atoms with Crippen molar-refractivity contribution in [3.63, 3.8) is 0 Å². The fourth-order valence-electron chi connectivity index (χ4n) is 2.33. The van der Waals surface area contributed by atoms with E-state index < -0.39 is 0 Å². The van der Waals surface area contributed by atoms with Crippen molar-refractivity contribution in [3.8, 4) is 5.75 Å². The smallest absolute Gasteiger partial charge is 0.266 e. The Hall–Kier alpha value is -3.13. The van der Waals surface area contributed by atoms with Crippen molar-refractivity contribution < 1.29 is 5.11 Å². The number of phenols is 1. The monoisotopic (exact) mass is 350 g/mol. The van der Waals surface area contributed by atoms with Crippen LogP contribution in [0.4, 0.5) is 5.95 Å². The van der Waals surface area contributed by atoms with Gasteiger partial charge in [-0.15, -0.1) is 10.2 Å². The van der Waals surface area contributed by atoms with E-state index in [-0.39, 0.29) is 5.75 Å². The van der Waals surface area contributed by atoms with Crippen LogP contribution < -0.4 is 5.43 Å². The molecule has 7 nitrogen and oxygen atoms in total. The molecule has 0 amide bonds. The van der Waals surface area contributed by atoms with Crippen molar-refractivity contribution in [1.82, 2.24) is 14.9 Å². The minimum atomic E-state index is 0.163. The summed E-state index contributed by atoms with van der Waals surface area (Å²) in [5.41, 5.74) is 5.45. The fraction of sp³-hybridized carbons (Fsp3) is 0.0588. The summed E-state index contributed by atoms with van der Waals surface area (Å²) < 4.78 is 1.64. The highest BCUT2D eigenvalue weighted by Crippen LogP contribution is 2.25. The molecule has 0 saturated carbocycles. The second kappa shape index (κ2) is 6.78. The number of hydrazone groups is 1. The summed E-state index contributed by atoms with van der Waals surface area (Å²) in [5.74, 6) is 1.32. The van der Waals surface area contributed by atoms with Crippen molar-refractivity contribution in [1.29, 1.82) is 0 Å². The van der Waals surface area contributed by atoms with Crippen LogP contribution >= 0.6 is 11.8 Å². The van der Waals surface area contributed by atoms with Gasteiger partial charge in [0.05, 0.1) is 11.9 Å². The van der Waals surface area contributed by atoms with Crippen LogP contribution in [0.25, 0.3) is 0 Å². The number of nitrogens with one attached hydrogen (secondary N) is 1. The molecule has 0 bridgehead atoms. The molecule has 2 N–H and O–H groups in total. The second-order valence-electron chi connectivity index (χ2n) is 5.25. The maximum absolute atomic E-state index is 9.74. The van der Waals surface area contributed by atoms with Gasteiger partial charge in [-0.1, -0.05) is 54.2 Å². The molecule has 4 rings (SSSR count). The second-order valence-corrected chi connectivity index (χ2v) is 6.19. The Morgan fingerprint density at radius 1 is 1.08 bits per heavy atom.